The van der Waals surface area contributed by atoms with Gasteiger partial charge >= 0.3 is 0 Å². The van der Waals surface area contributed by atoms with Crippen LogP contribution in [0.1, 0.15) is 11.7 Å². The Morgan fingerprint density at radius 3 is 2.85 bits per heavy atom. The molecule has 68 valence electrons. The minimum atomic E-state index is -0.178. The van der Waals surface area contributed by atoms with E-state index in [9.17, 15) is 0 Å². The maximum absolute atomic E-state index is 5.99. The summed E-state index contributed by atoms with van der Waals surface area (Å²) in [5.74, 6) is 0. The fraction of sp³-hybridized carbons (Fsp3) is 0.200. The molecule has 0 saturated heterocycles. The van der Waals surface area contributed by atoms with E-state index in [2.05, 4.69) is 0 Å². The molecule has 13 heavy (non-hydrogen) atoms. The van der Waals surface area contributed by atoms with Crippen LogP contribution in [0.2, 0.25) is 5.02 Å². The molecule has 1 heterocycles. The zero-order valence-corrected chi connectivity index (χ0v) is 7.70. The molecule has 0 amide bonds. The van der Waals surface area contributed by atoms with Crippen molar-refractivity contribution in [1.82, 2.24) is 0 Å². The van der Waals surface area contributed by atoms with Crippen molar-refractivity contribution in [2.24, 2.45) is 0 Å². The predicted molar refractivity (Wildman–Crippen MR) is 50.4 cm³/mol. The Morgan fingerprint density at radius 1 is 1.31 bits per heavy atom. The molecule has 0 N–H and O–H groups in total. The monoisotopic (exact) mass is 196 g/mol. The van der Waals surface area contributed by atoms with E-state index in [0.29, 0.717) is 11.6 Å². The predicted octanol–water partition coefficient (Wildman–Crippen LogP) is 2.90. The van der Waals surface area contributed by atoms with E-state index in [1.807, 2.05) is 36.4 Å². The minimum Gasteiger partial charge on any atom is -0.232 e. The largest absolute Gasteiger partial charge is 0.232 e. The van der Waals surface area contributed by atoms with Crippen LogP contribution in [0, 0.1) is 0 Å². The lowest BCUT2D eigenvalue weighted by Gasteiger charge is -2.17. The molecule has 2 rings (SSSR count). The van der Waals surface area contributed by atoms with Crippen LogP contribution in [-0.4, -0.2) is 6.61 Å². The molecule has 0 bridgehead atoms. The first-order valence-electron chi connectivity index (χ1n) is 4.07. The highest BCUT2D eigenvalue weighted by Crippen LogP contribution is 2.27. The van der Waals surface area contributed by atoms with Crippen molar-refractivity contribution in [1.29, 1.82) is 0 Å². The Bertz CT molecular complexity index is 322. The first-order valence-corrected chi connectivity index (χ1v) is 4.45. The van der Waals surface area contributed by atoms with E-state index < -0.39 is 0 Å². The molecule has 1 aliphatic rings. The van der Waals surface area contributed by atoms with E-state index in [0.717, 1.165) is 5.56 Å². The molecule has 1 aliphatic heterocycles. The van der Waals surface area contributed by atoms with Gasteiger partial charge in [-0.2, -0.15) is 0 Å². The van der Waals surface area contributed by atoms with Gasteiger partial charge < -0.3 is 0 Å². The topological polar surface area (TPSA) is 18.5 Å². The van der Waals surface area contributed by atoms with Gasteiger partial charge in [0.25, 0.3) is 0 Å². The van der Waals surface area contributed by atoms with Gasteiger partial charge in [-0.1, -0.05) is 35.9 Å². The van der Waals surface area contributed by atoms with Gasteiger partial charge in [0.2, 0.25) is 0 Å². The van der Waals surface area contributed by atoms with Crippen molar-refractivity contribution in [2.45, 2.75) is 6.10 Å². The van der Waals surface area contributed by atoms with Gasteiger partial charge in [-0.05, 0) is 12.1 Å². The van der Waals surface area contributed by atoms with E-state index in [1.54, 1.807) is 0 Å². The van der Waals surface area contributed by atoms with Crippen molar-refractivity contribution >= 4 is 11.6 Å². The van der Waals surface area contributed by atoms with E-state index in [4.69, 9.17) is 21.4 Å². The summed E-state index contributed by atoms with van der Waals surface area (Å²) < 4.78 is 0. The quantitative estimate of drug-likeness (QED) is 0.508. The summed E-state index contributed by atoms with van der Waals surface area (Å²) >= 11 is 5.99. The zero-order valence-electron chi connectivity index (χ0n) is 6.94. The Hall–Kier alpha value is -0.830. The van der Waals surface area contributed by atoms with E-state index in [-0.39, 0.29) is 6.10 Å². The summed E-state index contributed by atoms with van der Waals surface area (Å²) in [5, 5.41) is 0.697. The third kappa shape index (κ3) is 1.91. The second kappa shape index (κ2) is 3.92. The summed E-state index contributed by atoms with van der Waals surface area (Å²) in [6, 6.07) is 7.57. The summed E-state index contributed by atoms with van der Waals surface area (Å²) in [7, 11) is 0. The van der Waals surface area contributed by atoms with Crippen LogP contribution in [0.5, 0.6) is 0 Å². The lowest BCUT2D eigenvalue weighted by molar-refractivity contribution is -0.315. The van der Waals surface area contributed by atoms with E-state index in [1.165, 1.54) is 0 Å². The van der Waals surface area contributed by atoms with Gasteiger partial charge in [0.15, 0.2) is 0 Å². The van der Waals surface area contributed by atoms with Gasteiger partial charge in [-0.15, -0.1) is 0 Å². The first-order chi connectivity index (χ1) is 6.38. The molecule has 0 radical (unpaired) electrons. The summed E-state index contributed by atoms with van der Waals surface area (Å²) in [4.78, 5) is 9.92. The molecule has 1 aromatic rings. The molecule has 1 atom stereocenters. The number of halogens is 1. The van der Waals surface area contributed by atoms with Crippen molar-refractivity contribution < 1.29 is 9.78 Å². The Morgan fingerprint density at radius 2 is 2.15 bits per heavy atom. The van der Waals surface area contributed by atoms with Crippen molar-refractivity contribution in [2.75, 3.05) is 6.61 Å². The lowest BCUT2D eigenvalue weighted by Crippen LogP contribution is -2.08. The molecule has 0 fully saturated rings. The smallest absolute Gasteiger partial charge is 0.138 e. The third-order valence-electron chi connectivity index (χ3n) is 1.86. The normalized spacial score (nSPS) is 21.8. The van der Waals surface area contributed by atoms with Crippen molar-refractivity contribution in [3.8, 4) is 0 Å². The standard InChI is InChI=1S/C10H9ClO2/c11-9-5-2-1-4-8(9)10-6-3-7-12-13-10/h1-6,10H,7H2/t10-/m1/s1. The molecular weight excluding hydrogens is 188 g/mol. The molecule has 0 saturated carbocycles. The van der Waals surface area contributed by atoms with Crippen LogP contribution in [0.3, 0.4) is 0 Å². The van der Waals surface area contributed by atoms with Crippen LogP contribution in [0.25, 0.3) is 0 Å². The third-order valence-corrected chi connectivity index (χ3v) is 2.20. The number of benzene rings is 1. The van der Waals surface area contributed by atoms with Crippen molar-refractivity contribution in [3.05, 3.63) is 47.0 Å². The van der Waals surface area contributed by atoms with Crippen LogP contribution in [0.4, 0.5) is 0 Å². The van der Waals surface area contributed by atoms with Gasteiger partial charge in [-0.25, -0.2) is 9.78 Å². The maximum atomic E-state index is 5.99. The molecular formula is C10H9ClO2. The molecule has 1 aromatic carbocycles. The van der Waals surface area contributed by atoms with E-state index >= 15 is 0 Å². The Balaban J connectivity index is 2.29. The van der Waals surface area contributed by atoms with Gasteiger partial charge in [0.05, 0.1) is 0 Å². The highest BCUT2D eigenvalue weighted by atomic mass is 35.5. The number of rotatable bonds is 1. The summed E-state index contributed by atoms with van der Waals surface area (Å²) in [5.41, 5.74) is 0.931. The lowest BCUT2D eigenvalue weighted by atomic mass is 10.1. The number of hydrogen-bond donors (Lipinski definition) is 0. The highest BCUT2D eigenvalue weighted by Gasteiger charge is 2.14. The highest BCUT2D eigenvalue weighted by molar-refractivity contribution is 6.31. The molecule has 0 unspecified atom stereocenters. The fourth-order valence-corrected chi connectivity index (χ4v) is 1.47. The van der Waals surface area contributed by atoms with Crippen molar-refractivity contribution in [3.63, 3.8) is 0 Å². The Kier molecular flexibility index (Phi) is 2.64. The maximum Gasteiger partial charge on any atom is 0.138 e. The second-order valence-corrected chi connectivity index (χ2v) is 3.16. The molecule has 0 spiro atoms. The average molecular weight is 197 g/mol. The van der Waals surface area contributed by atoms with Crippen LogP contribution >= 0.6 is 11.6 Å². The van der Waals surface area contributed by atoms with Crippen LogP contribution < -0.4 is 0 Å². The van der Waals surface area contributed by atoms with Gasteiger partial charge in [0, 0.05) is 10.6 Å². The van der Waals surface area contributed by atoms with Gasteiger partial charge in [-0.3, -0.25) is 0 Å². The van der Waals surface area contributed by atoms with Crippen LogP contribution in [0.15, 0.2) is 36.4 Å². The second-order valence-electron chi connectivity index (χ2n) is 2.75. The van der Waals surface area contributed by atoms with Gasteiger partial charge in [0.1, 0.15) is 12.7 Å². The fourth-order valence-electron chi connectivity index (χ4n) is 1.22. The Labute approximate surface area is 81.7 Å². The number of hydrogen-bond acceptors (Lipinski definition) is 2. The molecule has 2 nitrogen and oxygen atoms in total. The minimum absolute atomic E-state index is 0.178. The SMILES string of the molecule is Clc1ccccc1[C@H]1C=CCOO1. The molecule has 0 aromatic heterocycles. The first kappa shape index (κ1) is 8.75. The molecule has 0 aliphatic carbocycles. The average Bonchev–Trinajstić information content (AvgIpc) is 2.20. The summed E-state index contributed by atoms with van der Waals surface area (Å²) in [6.45, 7) is 0.501. The molecule has 3 heteroatoms. The zero-order chi connectivity index (χ0) is 9.10. The summed E-state index contributed by atoms with van der Waals surface area (Å²) in [6.07, 6.45) is 3.67. The van der Waals surface area contributed by atoms with Crippen LogP contribution in [-0.2, 0) is 9.78 Å².